The molecule has 2 N–H and O–H groups in total. The van der Waals surface area contributed by atoms with E-state index in [-0.39, 0.29) is 11.4 Å². The number of rotatable bonds is 5. The fourth-order valence-corrected chi connectivity index (χ4v) is 7.61. The maximum Gasteiger partial charge on any atom is 0.146 e. The number of hydrogen-bond acceptors (Lipinski definition) is 5. The molecular weight excluding hydrogens is 467 g/mol. The highest BCUT2D eigenvalue weighted by Gasteiger charge is 2.49. The van der Waals surface area contributed by atoms with Gasteiger partial charge in [-0.3, -0.25) is 8.93 Å². The Balaban J connectivity index is 2.57. The van der Waals surface area contributed by atoms with E-state index >= 15 is 0 Å². The first-order valence-electron chi connectivity index (χ1n) is 9.04. The van der Waals surface area contributed by atoms with Gasteiger partial charge in [0.2, 0.25) is 0 Å². The van der Waals surface area contributed by atoms with Crippen molar-refractivity contribution in [1.82, 2.24) is 14.4 Å². The Hall–Kier alpha value is -0.570. The van der Waals surface area contributed by atoms with Crippen LogP contribution in [0.3, 0.4) is 0 Å². The van der Waals surface area contributed by atoms with Crippen LogP contribution in [0.2, 0.25) is 0 Å². The molecule has 1 aliphatic rings. The molecule has 158 valence electrons. The van der Waals surface area contributed by atoms with Crippen LogP contribution in [0.4, 0.5) is 4.39 Å². The molecule has 2 rings (SSSR count). The van der Waals surface area contributed by atoms with Crippen LogP contribution < -0.4 is 9.44 Å². The number of nitrogens with one attached hydrogen (secondary N) is 2. The number of nitriles is 1. The lowest BCUT2D eigenvalue weighted by molar-refractivity contribution is 0.417. The quantitative estimate of drug-likeness (QED) is 0.331. The Kier molecular flexibility index (Phi) is 7.01. The number of aromatic nitrogens is 1. The molecule has 6 nitrogen and oxygen atoms in total. The van der Waals surface area contributed by atoms with Crippen LogP contribution in [-0.2, 0) is 27.0 Å². The lowest BCUT2D eigenvalue weighted by Crippen LogP contribution is -2.62. The average Bonchev–Trinajstić information content (AvgIpc) is 2.58. The summed E-state index contributed by atoms with van der Waals surface area (Å²) in [5, 5.41) is 9.72. The molecule has 1 aromatic heterocycles. The molecule has 0 unspecified atom stereocenters. The molecule has 1 fully saturated rings. The number of nitrogens with zero attached hydrogens (tertiary/aromatic N) is 2. The molecule has 10 heteroatoms. The van der Waals surface area contributed by atoms with Crippen LogP contribution in [0.1, 0.15) is 53.2 Å². The summed E-state index contributed by atoms with van der Waals surface area (Å²) < 4.78 is 46.3. The smallest absolute Gasteiger partial charge is 0.146 e. The molecule has 0 bridgehead atoms. The molecule has 0 aliphatic carbocycles. The minimum absolute atomic E-state index is 0.0161. The SMILES string of the molecule is CC(C)(C)[S@@+]([O-])N[C@@](C)(C[SH]1(=O)NCCC[C@@]1(C)C#N)c1nc(Br)ccc1F. The summed E-state index contributed by atoms with van der Waals surface area (Å²) in [6.07, 6.45) is 1.22. The minimum Gasteiger partial charge on any atom is -0.598 e. The van der Waals surface area contributed by atoms with Gasteiger partial charge in [0.05, 0.1) is 6.07 Å². The van der Waals surface area contributed by atoms with Crippen molar-refractivity contribution in [3.8, 4) is 6.07 Å². The van der Waals surface area contributed by atoms with E-state index in [0.717, 1.165) is 6.42 Å². The molecule has 0 aromatic carbocycles. The molecule has 0 amide bonds. The van der Waals surface area contributed by atoms with Crippen molar-refractivity contribution in [2.24, 2.45) is 0 Å². The molecule has 1 aliphatic heterocycles. The van der Waals surface area contributed by atoms with Crippen LogP contribution >= 0.6 is 15.9 Å². The van der Waals surface area contributed by atoms with Crippen LogP contribution in [0.15, 0.2) is 16.7 Å². The summed E-state index contributed by atoms with van der Waals surface area (Å²) in [5.41, 5.74) is -1.30. The lowest BCUT2D eigenvalue weighted by Gasteiger charge is -2.46. The van der Waals surface area contributed by atoms with Crippen LogP contribution in [0, 0.1) is 17.1 Å². The summed E-state index contributed by atoms with van der Waals surface area (Å²) in [6.45, 7) is 9.21. The lowest BCUT2D eigenvalue weighted by atomic mass is 10.0. The summed E-state index contributed by atoms with van der Waals surface area (Å²) in [7, 11) is -3.30. The molecule has 3 atom stereocenters. The highest BCUT2D eigenvalue weighted by Crippen LogP contribution is 2.37. The first kappa shape index (κ1) is 23.7. The zero-order valence-electron chi connectivity index (χ0n) is 16.8. The number of hydrogen-bond donors (Lipinski definition) is 3. The second kappa shape index (κ2) is 8.28. The minimum atomic E-state index is -3.30. The third-order valence-electron chi connectivity index (χ3n) is 4.99. The van der Waals surface area contributed by atoms with E-state index in [1.807, 2.05) is 0 Å². The van der Waals surface area contributed by atoms with E-state index in [0.29, 0.717) is 17.6 Å². The zero-order valence-corrected chi connectivity index (χ0v) is 20.1. The first-order valence-corrected chi connectivity index (χ1v) is 12.9. The van der Waals surface area contributed by atoms with E-state index in [4.69, 9.17) is 0 Å². The van der Waals surface area contributed by atoms with E-state index < -0.39 is 42.3 Å². The van der Waals surface area contributed by atoms with Crippen molar-refractivity contribution >= 4 is 37.4 Å². The Labute approximate surface area is 179 Å². The normalized spacial score (nSPS) is 26.7. The summed E-state index contributed by atoms with van der Waals surface area (Å²) in [5.74, 6) is -0.682. The van der Waals surface area contributed by atoms with Gasteiger partial charge in [0.25, 0.3) is 0 Å². The van der Waals surface area contributed by atoms with Gasteiger partial charge in [-0.25, -0.2) is 9.37 Å². The second-order valence-corrected chi connectivity index (χ2v) is 14.5. The van der Waals surface area contributed by atoms with Crippen molar-refractivity contribution in [1.29, 1.82) is 5.26 Å². The van der Waals surface area contributed by atoms with Gasteiger partial charge < -0.3 is 4.55 Å². The maximum atomic E-state index is 14.8. The van der Waals surface area contributed by atoms with Gasteiger partial charge in [-0.2, -0.15) is 5.26 Å². The standard InChI is InChI=1S/C18H28BrFN4O2S2/c1-16(2,3)27(25)24-18(5,15-13(20)7-8-14(19)23-15)12-28(26)17(4,11-21)9-6-10-22-28/h7-8,24,28H,6,9-10,12H2,1-5H3,(H,22,26)/t17-,18-,27+/m0/s1. The molecule has 0 radical (unpaired) electrons. The fraction of sp³-hybridized carbons (Fsp3) is 0.667. The van der Waals surface area contributed by atoms with Crippen LogP contribution in [-0.4, -0.2) is 35.5 Å². The van der Waals surface area contributed by atoms with E-state index in [1.165, 1.54) is 12.1 Å². The molecule has 28 heavy (non-hydrogen) atoms. The van der Waals surface area contributed by atoms with Crippen LogP contribution in [0.25, 0.3) is 0 Å². The summed E-state index contributed by atoms with van der Waals surface area (Å²) in [4.78, 5) is 4.26. The average molecular weight is 495 g/mol. The third kappa shape index (κ3) is 4.77. The van der Waals surface area contributed by atoms with Gasteiger partial charge in [0.1, 0.15) is 31.1 Å². The maximum absolute atomic E-state index is 14.8. The van der Waals surface area contributed by atoms with E-state index in [2.05, 4.69) is 36.4 Å². The molecule has 2 heterocycles. The monoisotopic (exact) mass is 494 g/mol. The van der Waals surface area contributed by atoms with Crippen LogP contribution in [0.5, 0.6) is 0 Å². The third-order valence-corrected chi connectivity index (χ3v) is 10.9. The number of pyridine rings is 1. The zero-order chi connectivity index (χ0) is 21.4. The van der Waals surface area contributed by atoms with Crippen molar-refractivity contribution in [2.75, 3.05) is 12.3 Å². The Morgan fingerprint density at radius 2 is 2.14 bits per heavy atom. The fourth-order valence-electron chi connectivity index (χ4n) is 3.18. The second-order valence-electron chi connectivity index (χ2n) is 8.57. The van der Waals surface area contributed by atoms with Gasteiger partial charge in [-0.1, -0.05) is 0 Å². The Morgan fingerprint density at radius 3 is 2.71 bits per heavy atom. The first-order chi connectivity index (χ1) is 12.8. The van der Waals surface area contributed by atoms with Gasteiger partial charge >= 0.3 is 0 Å². The van der Waals surface area contributed by atoms with E-state index in [1.54, 1.807) is 34.6 Å². The highest BCUT2D eigenvalue weighted by atomic mass is 79.9. The summed E-state index contributed by atoms with van der Waals surface area (Å²) >= 11 is 1.68. The molecule has 0 spiro atoms. The molecule has 1 saturated heterocycles. The van der Waals surface area contributed by atoms with Gasteiger partial charge in [-0.15, -0.1) is 4.72 Å². The number of thiol groups is 1. The Bertz CT molecular complexity index is 829. The van der Waals surface area contributed by atoms with Crippen molar-refractivity contribution in [3.63, 3.8) is 0 Å². The highest BCUT2D eigenvalue weighted by molar-refractivity contribution is 9.10. The van der Waals surface area contributed by atoms with Crippen molar-refractivity contribution < 1.29 is 13.2 Å². The largest absolute Gasteiger partial charge is 0.598 e. The Morgan fingerprint density at radius 1 is 1.50 bits per heavy atom. The van der Waals surface area contributed by atoms with Gasteiger partial charge in [0, 0.05) is 23.7 Å². The molecule has 1 aromatic rings. The van der Waals surface area contributed by atoms with Gasteiger partial charge in [-0.05, 0) is 85.6 Å². The number of halogens is 2. The molecule has 0 saturated carbocycles. The van der Waals surface area contributed by atoms with E-state index in [9.17, 15) is 18.4 Å². The molecular formula is C18H28BrFN4O2S2. The van der Waals surface area contributed by atoms with Gasteiger partial charge in [0.15, 0.2) is 0 Å². The predicted molar refractivity (Wildman–Crippen MR) is 116 cm³/mol. The topological polar surface area (TPSA) is 101 Å². The summed E-state index contributed by atoms with van der Waals surface area (Å²) in [6, 6.07) is 4.94. The van der Waals surface area contributed by atoms with Crippen molar-refractivity contribution in [3.05, 3.63) is 28.2 Å². The van der Waals surface area contributed by atoms with Crippen molar-refractivity contribution in [2.45, 2.75) is 62.5 Å². The predicted octanol–water partition coefficient (Wildman–Crippen LogP) is 2.85.